The number of carbonyl (C=O) groups excluding carboxylic acids is 1. The molecule has 0 bridgehead atoms. The molecule has 0 saturated heterocycles. The molecule has 1 amide bonds. The molecule has 2 aromatic rings. The van der Waals surface area contributed by atoms with Crippen molar-refractivity contribution in [1.82, 2.24) is 5.43 Å². The zero-order valence-electron chi connectivity index (χ0n) is 12.2. The minimum atomic E-state index is -0.177. The standard InChI is InChI=1S/C17H17ClN2OS/c1-13(22-12-14-7-3-2-4-8-14)17(21)20-19-11-15-9-5-6-10-16(15)18/h2-11,13H,12H2,1H3,(H,20,21)/b19-11+. The Bertz CT molecular complexity index is 646. The molecule has 1 N–H and O–H groups in total. The lowest BCUT2D eigenvalue weighted by atomic mass is 10.2. The molecule has 22 heavy (non-hydrogen) atoms. The number of thioether (sulfide) groups is 1. The molecule has 0 saturated carbocycles. The second kappa shape index (κ2) is 8.61. The van der Waals surface area contributed by atoms with Crippen LogP contribution in [0.2, 0.25) is 5.02 Å². The fourth-order valence-corrected chi connectivity index (χ4v) is 2.73. The van der Waals surface area contributed by atoms with Crippen LogP contribution < -0.4 is 5.43 Å². The van der Waals surface area contributed by atoms with Gasteiger partial charge in [-0.3, -0.25) is 4.79 Å². The molecule has 0 heterocycles. The summed E-state index contributed by atoms with van der Waals surface area (Å²) in [7, 11) is 0. The summed E-state index contributed by atoms with van der Waals surface area (Å²) in [6, 6.07) is 17.4. The van der Waals surface area contributed by atoms with Crippen molar-refractivity contribution in [2.24, 2.45) is 5.10 Å². The molecular weight excluding hydrogens is 316 g/mol. The maximum absolute atomic E-state index is 12.0. The summed E-state index contributed by atoms with van der Waals surface area (Å²) in [5, 5.41) is 4.38. The van der Waals surface area contributed by atoms with Crippen molar-refractivity contribution in [3.63, 3.8) is 0 Å². The van der Waals surface area contributed by atoms with Gasteiger partial charge in [0.2, 0.25) is 0 Å². The zero-order valence-corrected chi connectivity index (χ0v) is 13.8. The predicted octanol–water partition coefficient (Wildman–Crippen LogP) is 4.11. The highest BCUT2D eigenvalue weighted by atomic mass is 35.5. The Hall–Kier alpha value is -1.78. The van der Waals surface area contributed by atoms with Crippen LogP contribution in [0.25, 0.3) is 0 Å². The van der Waals surface area contributed by atoms with E-state index in [-0.39, 0.29) is 11.2 Å². The van der Waals surface area contributed by atoms with E-state index < -0.39 is 0 Å². The first kappa shape index (κ1) is 16.6. The quantitative estimate of drug-likeness (QED) is 0.639. The van der Waals surface area contributed by atoms with E-state index in [4.69, 9.17) is 11.6 Å². The molecule has 0 spiro atoms. The fourth-order valence-electron chi connectivity index (χ4n) is 1.71. The molecule has 3 nitrogen and oxygen atoms in total. The van der Waals surface area contributed by atoms with E-state index in [1.807, 2.05) is 55.5 Å². The van der Waals surface area contributed by atoms with Gasteiger partial charge in [0.05, 0.1) is 11.5 Å². The lowest BCUT2D eigenvalue weighted by Gasteiger charge is -2.09. The summed E-state index contributed by atoms with van der Waals surface area (Å²) >= 11 is 7.59. The molecule has 114 valence electrons. The zero-order chi connectivity index (χ0) is 15.8. The monoisotopic (exact) mass is 332 g/mol. The second-order valence-electron chi connectivity index (χ2n) is 4.69. The normalized spacial score (nSPS) is 12.3. The topological polar surface area (TPSA) is 41.5 Å². The third-order valence-corrected chi connectivity index (χ3v) is 4.55. The molecule has 2 rings (SSSR count). The van der Waals surface area contributed by atoms with E-state index in [1.54, 1.807) is 24.0 Å². The van der Waals surface area contributed by atoms with Crippen molar-refractivity contribution < 1.29 is 4.79 Å². The number of nitrogens with zero attached hydrogens (tertiary/aromatic N) is 1. The Balaban J connectivity index is 1.80. The van der Waals surface area contributed by atoms with E-state index in [0.29, 0.717) is 5.02 Å². The molecule has 1 unspecified atom stereocenters. The van der Waals surface area contributed by atoms with Crippen molar-refractivity contribution in [3.8, 4) is 0 Å². The van der Waals surface area contributed by atoms with Crippen LogP contribution in [0.15, 0.2) is 59.7 Å². The Kier molecular flexibility index (Phi) is 6.49. The predicted molar refractivity (Wildman–Crippen MR) is 94.4 cm³/mol. The van der Waals surface area contributed by atoms with Crippen LogP contribution in [0.1, 0.15) is 18.1 Å². The second-order valence-corrected chi connectivity index (χ2v) is 6.43. The summed E-state index contributed by atoms with van der Waals surface area (Å²) in [5.41, 5.74) is 4.52. The van der Waals surface area contributed by atoms with Gasteiger partial charge in [-0.25, -0.2) is 5.43 Å². The largest absolute Gasteiger partial charge is 0.272 e. The van der Waals surface area contributed by atoms with Crippen molar-refractivity contribution in [2.75, 3.05) is 0 Å². The number of hydrazone groups is 1. The van der Waals surface area contributed by atoms with Crippen LogP contribution in [0.3, 0.4) is 0 Å². The molecular formula is C17H17ClN2OS. The van der Waals surface area contributed by atoms with Gasteiger partial charge >= 0.3 is 0 Å². The lowest BCUT2D eigenvalue weighted by molar-refractivity contribution is -0.120. The summed E-state index contributed by atoms with van der Waals surface area (Å²) in [6.07, 6.45) is 1.55. The van der Waals surface area contributed by atoms with Crippen molar-refractivity contribution in [1.29, 1.82) is 0 Å². The van der Waals surface area contributed by atoms with Crippen molar-refractivity contribution in [2.45, 2.75) is 17.9 Å². The van der Waals surface area contributed by atoms with Gasteiger partial charge in [0.25, 0.3) is 5.91 Å². The Morgan fingerprint density at radius 1 is 1.23 bits per heavy atom. The Labute approximate surface area is 139 Å². The van der Waals surface area contributed by atoms with E-state index in [2.05, 4.69) is 10.5 Å². The van der Waals surface area contributed by atoms with Crippen LogP contribution in [-0.4, -0.2) is 17.4 Å². The van der Waals surface area contributed by atoms with Crippen LogP contribution in [0.4, 0.5) is 0 Å². The third-order valence-electron chi connectivity index (χ3n) is 3.00. The van der Waals surface area contributed by atoms with Gasteiger partial charge in [-0.1, -0.05) is 60.1 Å². The number of halogens is 1. The molecule has 0 aliphatic heterocycles. The molecule has 1 atom stereocenters. The first-order valence-corrected chi connectivity index (χ1v) is 8.32. The van der Waals surface area contributed by atoms with Gasteiger partial charge in [0.1, 0.15) is 0 Å². The fraction of sp³-hybridized carbons (Fsp3) is 0.176. The first-order chi connectivity index (χ1) is 10.7. The molecule has 0 radical (unpaired) electrons. The molecule has 0 aromatic heterocycles. The number of hydrogen-bond donors (Lipinski definition) is 1. The Morgan fingerprint density at radius 3 is 2.64 bits per heavy atom. The number of benzene rings is 2. The highest BCUT2D eigenvalue weighted by Gasteiger charge is 2.12. The number of hydrogen-bond acceptors (Lipinski definition) is 3. The van der Waals surface area contributed by atoms with E-state index >= 15 is 0 Å². The highest BCUT2D eigenvalue weighted by molar-refractivity contribution is 7.99. The molecule has 0 fully saturated rings. The lowest BCUT2D eigenvalue weighted by Crippen LogP contribution is -2.27. The van der Waals surface area contributed by atoms with E-state index in [1.165, 1.54) is 5.56 Å². The number of nitrogens with one attached hydrogen (secondary N) is 1. The van der Waals surface area contributed by atoms with Crippen molar-refractivity contribution >= 4 is 35.5 Å². The summed E-state index contributed by atoms with van der Waals surface area (Å²) < 4.78 is 0. The molecule has 2 aromatic carbocycles. The van der Waals surface area contributed by atoms with Gasteiger partial charge in [-0.15, -0.1) is 11.8 Å². The molecule has 0 aliphatic rings. The Morgan fingerprint density at radius 2 is 1.91 bits per heavy atom. The van der Waals surface area contributed by atoms with Crippen LogP contribution in [0.5, 0.6) is 0 Å². The molecule has 0 aliphatic carbocycles. The van der Waals surface area contributed by atoms with E-state index in [0.717, 1.165) is 11.3 Å². The maximum atomic E-state index is 12.0. The SMILES string of the molecule is CC(SCc1ccccc1)C(=O)N/N=C/c1ccccc1Cl. The molecule has 5 heteroatoms. The smallest absolute Gasteiger partial charge is 0.252 e. The van der Waals surface area contributed by atoms with Gasteiger partial charge < -0.3 is 0 Å². The average molecular weight is 333 g/mol. The summed E-state index contributed by atoms with van der Waals surface area (Å²) in [6.45, 7) is 1.87. The highest BCUT2D eigenvalue weighted by Crippen LogP contribution is 2.17. The maximum Gasteiger partial charge on any atom is 0.252 e. The summed E-state index contributed by atoms with van der Waals surface area (Å²) in [4.78, 5) is 12.0. The third kappa shape index (κ3) is 5.20. The van der Waals surface area contributed by atoms with Gasteiger partial charge in [0.15, 0.2) is 0 Å². The van der Waals surface area contributed by atoms with Crippen LogP contribution in [0, 0.1) is 0 Å². The van der Waals surface area contributed by atoms with Gasteiger partial charge in [-0.2, -0.15) is 5.10 Å². The summed E-state index contributed by atoms with van der Waals surface area (Å²) in [5.74, 6) is 0.674. The van der Waals surface area contributed by atoms with Crippen LogP contribution in [-0.2, 0) is 10.5 Å². The van der Waals surface area contributed by atoms with Crippen molar-refractivity contribution in [3.05, 3.63) is 70.7 Å². The van der Waals surface area contributed by atoms with Gasteiger partial charge in [-0.05, 0) is 18.6 Å². The number of amides is 1. The number of carbonyl (C=O) groups is 1. The number of rotatable bonds is 6. The average Bonchev–Trinajstić information content (AvgIpc) is 2.55. The van der Waals surface area contributed by atoms with Crippen LogP contribution >= 0.6 is 23.4 Å². The minimum Gasteiger partial charge on any atom is -0.272 e. The van der Waals surface area contributed by atoms with E-state index in [9.17, 15) is 4.79 Å². The van der Waals surface area contributed by atoms with Gasteiger partial charge in [0, 0.05) is 16.3 Å². The minimum absolute atomic E-state index is 0.121. The first-order valence-electron chi connectivity index (χ1n) is 6.90.